The number of para-hydroxylation sites is 1. The summed E-state index contributed by atoms with van der Waals surface area (Å²) in [6.07, 6.45) is 2.22. The highest BCUT2D eigenvalue weighted by Crippen LogP contribution is 2.32. The van der Waals surface area contributed by atoms with Crippen molar-refractivity contribution in [1.29, 1.82) is 0 Å². The van der Waals surface area contributed by atoms with Crippen molar-refractivity contribution in [3.05, 3.63) is 65.6 Å². The summed E-state index contributed by atoms with van der Waals surface area (Å²) in [6, 6.07) is 15.4. The van der Waals surface area contributed by atoms with E-state index in [1.807, 2.05) is 12.1 Å². The first-order valence-corrected chi connectivity index (χ1v) is 7.80. The van der Waals surface area contributed by atoms with Gasteiger partial charge < -0.3 is 9.47 Å². The molecule has 2 heterocycles. The van der Waals surface area contributed by atoms with Crippen LogP contribution in [0.4, 0.5) is 4.39 Å². The maximum absolute atomic E-state index is 13.3. The van der Waals surface area contributed by atoms with Gasteiger partial charge in [-0.1, -0.05) is 18.2 Å². The number of benzene rings is 2. The predicted octanol–water partition coefficient (Wildman–Crippen LogP) is 4.57. The lowest BCUT2D eigenvalue weighted by atomic mass is 10.1. The van der Waals surface area contributed by atoms with E-state index < -0.39 is 0 Å². The average molecular weight is 331 g/mol. The van der Waals surface area contributed by atoms with E-state index in [0.29, 0.717) is 0 Å². The van der Waals surface area contributed by atoms with Crippen LogP contribution in [0.5, 0.6) is 0 Å². The first kappa shape index (κ1) is 16.0. The SMILES string of the molecule is CN1CCCc2c(c3ccccc3n2-c2ccc(F)cc2)C1.Cl. The summed E-state index contributed by atoms with van der Waals surface area (Å²) in [4.78, 5) is 2.38. The van der Waals surface area contributed by atoms with Crippen LogP contribution in [0.1, 0.15) is 17.7 Å². The molecule has 0 fully saturated rings. The number of hydrogen-bond acceptors (Lipinski definition) is 1. The van der Waals surface area contributed by atoms with Gasteiger partial charge in [0.25, 0.3) is 0 Å². The van der Waals surface area contributed by atoms with Gasteiger partial charge in [0.05, 0.1) is 5.52 Å². The number of fused-ring (bicyclic) bond motifs is 3. The zero-order valence-electron chi connectivity index (χ0n) is 13.1. The molecule has 2 aromatic carbocycles. The maximum atomic E-state index is 13.3. The molecule has 0 amide bonds. The highest BCUT2D eigenvalue weighted by molar-refractivity contribution is 5.87. The summed E-state index contributed by atoms with van der Waals surface area (Å²) >= 11 is 0. The first-order valence-electron chi connectivity index (χ1n) is 7.80. The molecule has 0 saturated heterocycles. The molecule has 1 aliphatic rings. The van der Waals surface area contributed by atoms with Crippen molar-refractivity contribution >= 4 is 23.3 Å². The Morgan fingerprint density at radius 3 is 2.52 bits per heavy atom. The molecule has 4 heteroatoms. The summed E-state index contributed by atoms with van der Waals surface area (Å²) in [7, 11) is 2.18. The fourth-order valence-corrected chi connectivity index (χ4v) is 3.55. The normalized spacial score (nSPS) is 15.0. The molecule has 2 nitrogen and oxygen atoms in total. The zero-order valence-corrected chi connectivity index (χ0v) is 13.9. The lowest BCUT2D eigenvalue weighted by Gasteiger charge is -2.12. The molecule has 0 bridgehead atoms. The van der Waals surface area contributed by atoms with Crippen LogP contribution in [0.15, 0.2) is 48.5 Å². The Labute approximate surface area is 141 Å². The van der Waals surface area contributed by atoms with E-state index in [0.717, 1.165) is 31.6 Å². The second kappa shape index (κ2) is 6.34. The molecular weight excluding hydrogens is 311 g/mol. The van der Waals surface area contributed by atoms with Crippen molar-refractivity contribution in [2.45, 2.75) is 19.4 Å². The van der Waals surface area contributed by atoms with E-state index in [1.54, 1.807) is 12.1 Å². The Morgan fingerprint density at radius 1 is 1.00 bits per heavy atom. The van der Waals surface area contributed by atoms with Crippen molar-refractivity contribution in [1.82, 2.24) is 9.47 Å². The summed E-state index contributed by atoms with van der Waals surface area (Å²) in [5.41, 5.74) is 5.05. The minimum atomic E-state index is -0.189. The van der Waals surface area contributed by atoms with Crippen LogP contribution >= 0.6 is 12.4 Å². The fraction of sp³-hybridized carbons (Fsp3) is 0.263. The Morgan fingerprint density at radius 2 is 1.74 bits per heavy atom. The standard InChI is InChI=1S/C19H19FN2.ClH/c1-21-12-4-7-19-17(13-21)16-5-2-3-6-18(16)22(19)15-10-8-14(20)9-11-15;/h2-3,5-6,8-11H,4,7,12-13H2,1H3;1H. The molecule has 0 radical (unpaired) electrons. The third-order valence-corrected chi connectivity index (χ3v) is 4.55. The highest BCUT2D eigenvalue weighted by atomic mass is 35.5. The van der Waals surface area contributed by atoms with Gasteiger partial charge in [0.2, 0.25) is 0 Å². The second-order valence-corrected chi connectivity index (χ2v) is 6.10. The molecule has 0 spiro atoms. The predicted molar refractivity (Wildman–Crippen MR) is 95.1 cm³/mol. The molecule has 1 aromatic heterocycles. The van der Waals surface area contributed by atoms with E-state index >= 15 is 0 Å². The van der Waals surface area contributed by atoms with Crippen molar-refractivity contribution < 1.29 is 4.39 Å². The zero-order chi connectivity index (χ0) is 15.1. The molecule has 23 heavy (non-hydrogen) atoms. The van der Waals surface area contributed by atoms with Crippen LogP contribution in [0.2, 0.25) is 0 Å². The van der Waals surface area contributed by atoms with Crippen LogP contribution in [0, 0.1) is 5.82 Å². The fourth-order valence-electron chi connectivity index (χ4n) is 3.55. The minimum Gasteiger partial charge on any atom is -0.313 e. The molecule has 0 saturated carbocycles. The minimum absolute atomic E-state index is 0. The summed E-state index contributed by atoms with van der Waals surface area (Å²) in [5, 5.41) is 1.32. The van der Waals surface area contributed by atoms with Crippen molar-refractivity contribution in [2.75, 3.05) is 13.6 Å². The third-order valence-electron chi connectivity index (χ3n) is 4.55. The van der Waals surface area contributed by atoms with Gasteiger partial charge in [-0.3, -0.25) is 0 Å². The monoisotopic (exact) mass is 330 g/mol. The van der Waals surface area contributed by atoms with Crippen LogP contribution in [-0.2, 0) is 13.0 Å². The largest absolute Gasteiger partial charge is 0.313 e. The van der Waals surface area contributed by atoms with E-state index in [1.165, 1.54) is 22.2 Å². The van der Waals surface area contributed by atoms with E-state index in [9.17, 15) is 4.39 Å². The van der Waals surface area contributed by atoms with Crippen molar-refractivity contribution in [2.24, 2.45) is 0 Å². The Hall–Kier alpha value is -1.84. The van der Waals surface area contributed by atoms with Gasteiger partial charge in [-0.25, -0.2) is 4.39 Å². The lowest BCUT2D eigenvalue weighted by Crippen LogP contribution is -2.16. The molecule has 1 aliphatic heterocycles. The van der Waals surface area contributed by atoms with E-state index in [-0.39, 0.29) is 18.2 Å². The smallest absolute Gasteiger partial charge is 0.123 e. The molecule has 0 aliphatic carbocycles. The van der Waals surface area contributed by atoms with Crippen molar-refractivity contribution in [3.63, 3.8) is 0 Å². The van der Waals surface area contributed by atoms with Gasteiger partial charge in [0.15, 0.2) is 0 Å². The maximum Gasteiger partial charge on any atom is 0.123 e. The second-order valence-electron chi connectivity index (χ2n) is 6.10. The number of aromatic nitrogens is 1. The Bertz CT molecular complexity index is 823. The van der Waals surface area contributed by atoms with Gasteiger partial charge in [0.1, 0.15) is 5.82 Å². The molecular formula is C19H20ClFN2. The van der Waals surface area contributed by atoms with Gasteiger partial charge in [-0.05, 0) is 62.3 Å². The molecule has 4 rings (SSSR count). The number of nitrogens with zero attached hydrogens (tertiary/aromatic N) is 2. The summed E-state index contributed by atoms with van der Waals surface area (Å²) in [5.74, 6) is -0.189. The first-order chi connectivity index (χ1) is 10.7. The quantitative estimate of drug-likeness (QED) is 0.634. The van der Waals surface area contributed by atoms with Crippen LogP contribution < -0.4 is 0 Å². The van der Waals surface area contributed by atoms with Gasteiger partial charge >= 0.3 is 0 Å². The van der Waals surface area contributed by atoms with Crippen LogP contribution in [0.25, 0.3) is 16.6 Å². The molecule has 0 atom stereocenters. The van der Waals surface area contributed by atoms with Gasteiger partial charge in [-0.2, -0.15) is 0 Å². The van der Waals surface area contributed by atoms with Gasteiger partial charge in [0, 0.05) is 23.3 Å². The van der Waals surface area contributed by atoms with Gasteiger partial charge in [-0.15, -0.1) is 12.4 Å². The number of rotatable bonds is 1. The number of hydrogen-bond donors (Lipinski definition) is 0. The lowest BCUT2D eigenvalue weighted by molar-refractivity contribution is 0.333. The molecule has 0 N–H and O–H groups in total. The topological polar surface area (TPSA) is 8.17 Å². The molecule has 0 unspecified atom stereocenters. The van der Waals surface area contributed by atoms with E-state index in [4.69, 9.17) is 0 Å². The Kier molecular flexibility index (Phi) is 4.42. The summed E-state index contributed by atoms with van der Waals surface area (Å²) in [6.45, 7) is 2.09. The van der Waals surface area contributed by atoms with Crippen LogP contribution in [0.3, 0.4) is 0 Å². The molecule has 3 aromatic rings. The highest BCUT2D eigenvalue weighted by Gasteiger charge is 2.21. The van der Waals surface area contributed by atoms with E-state index in [2.05, 4.69) is 40.8 Å². The molecule has 120 valence electrons. The summed E-state index contributed by atoms with van der Waals surface area (Å²) < 4.78 is 15.6. The van der Waals surface area contributed by atoms with Crippen molar-refractivity contribution in [3.8, 4) is 5.69 Å². The number of halogens is 2. The van der Waals surface area contributed by atoms with Crippen LogP contribution in [-0.4, -0.2) is 23.1 Å². The third kappa shape index (κ3) is 2.75. The Balaban J connectivity index is 0.00000156. The average Bonchev–Trinajstić information content (AvgIpc) is 2.69.